The number of rotatable bonds is 9. The SMILES string of the molecule is Cc1cnncc1-c1cc(N2CCOC(Cc3ccc(Cl)cc3)C2=O)nn1COCC[Si](C)(C)C. The Labute approximate surface area is 212 Å². The first-order valence-electron chi connectivity index (χ1n) is 11.8. The van der Waals surface area contributed by atoms with E-state index in [2.05, 4.69) is 29.8 Å². The fourth-order valence-electron chi connectivity index (χ4n) is 3.88. The van der Waals surface area contributed by atoms with Crippen molar-refractivity contribution in [1.82, 2.24) is 20.0 Å². The highest BCUT2D eigenvalue weighted by Crippen LogP contribution is 2.28. The van der Waals surface area contributed by atoms with Crippen LogP contribution in [-0.4, -0.2) is 59.8 Å². The maximum Gasteiger partial charge on any atom is 0.257 e. The van der Waals surface area contributed by atoms with E-state index in [1.165, 1.54) is 0 Å². The van der Waals surface area contributed by atoms with Gasteiger partial charge in [0.25, 0.3) is 5.91 Å². The first-order chi connectivity index (χ1) is 16.7. The van der Waals surface area contributed by atoms with Gasteiger partial charge < -0.3 is 9.47 Å². The maximum atomic E-state index is 13.4. The molecule has 4 rings (SSSR count). The minimum atomic E-state index is -1.20. The number of carbonyl (C=O) groups is 1. The number of halogens is 1. The molecule has 1 aromatic carbocycles. The van der Waals surface area contributed by atoms with Crippen LogP contribution in [0.2, 0.25) is 30.7 Å². The molecule has 8 nitrogen and oxygen atoms in total. The number of aryl methyl sites for hydroxylation is 1. The molecule has 1 aliphatic heterocycles. The summed E-state index contributed by atoms with van der Waals surface area (Å²) in [6, 6.07) is 10.5. The molecule has 1 saturated heterocycles. The average Bonchev–Trinajstić information content (AvgIpc) is 3.23. The predicted octanol–water partition coefficient (Wildman–Crippen LogP) is 4.59. The van der Waals surface area contributed by atoms with Gasteiger partial charge in [0.1, 0.15) is 12.8 Å². The molecule has 1 atom stereocenters. The molecule has 0 spiro atoms. The van der Waals surface area contributed by atoms with Crippen LogP contribution in [0.15, 0.2) is 42.7 Å². The molecule has 3 heterocycles. The van der Waals surface area contributed by atoms with E-state index in [-0.39, 0.29) is 5.91 Å². The number of carbonyl (C=O) groups excluding carboxylic acids is 1. The normalized spacial score (nSPS) is 16.7. The van der Waals surface area contributed by atoms with Crippen LogP contribution < -0.4 is 4.90 Å². The molecule has 1 unspecified atom stereocenters. The second-order valence-corrected chi connectivity index (χ2v) is 16.1. The average molecular weight is 514 g/mol. The first-order valence-corrected chi connectivity index (χ1v) is 15.9. The summed E-state index contributed by atoms with van der Waals surface area (Å²) in [5, 5.41) is 13.5. The van der Waals surface area contributed by atoms with Crippen LogP contribution in [0.1, 0.15) is 11.1 Å². The largest absolute Gasteiger partial charge is 0.366 e. The van der Waals surface area contributed by atoms with Gasteiger partial charge in [-0.15, -0.1) is 0 Å². The van der Waals surface area contributed by atoms with Gasteiger partial charge in [0, 0.05) is 37.8 Å². The van der Waals surface area contributed by atoms with Crippen LogP contribution in [0.4, 0.5) is 5.82 Å². The highest BCUT2D eigenvalue weighted by atomic mass is 35.5. The molecule has 35 heavy (non-hydrogen) atoms. The minimum absolute atomic E-state index is 0.105. The second kappa shape index (κ2) is 11.0. The van der Waals surface area contributed by atoms with Crippen LogP contribution in [0, 0.1) is 6.92 Å². The topological polar surface area (TPSA) is 82.4 Å². The molecule has 1 fully saturated rings. The van der Waals surface area contributed by atoms with Gasteiger partial charge in [-0.05, 0) is 36.2 Å². The summed E-state index contributed by atoms with van der Waals surface area (Å²) in [7, 11) is -1.20. The van der Waals surface area contributed by atoms with Gasteiger partial charge in [-0.2, -0.15) is 15.3 Å². The van der Waals surface area contributed by atoms with Crippen LogP contribution in [0.5, 0.6) is 0 Å². The summed E-state index contributed by atoms with van der Waals surface area (Å²) in [6.45, 7) is 10.8. The number of ether oxygens (including phenoxy) is 2. The van der Waals surface area contributed by atoms with Crippen molar-refractivity contribution in [3.05, 3.63) is 58.9 Å². The number of amides is 1. The van der Waals surface area contributed by atoms with Crippen LogP contribution in [0.3, 0.4) is 0 Å². The van der Waals surface area contributed by atoms with Crippen LogP contribution in [0.25, 0.3) is 11.3 Å². The Kier molecular flexibility index (Phi) is 8.01. The molecule has 1 aliphatic rings. The molecule has 0 radical (unpaired) electrons. The van der Waals surface area contributed by atoms with Crippen molar-refractivity contribution < 1.29 is 14.3 Å². The molecular weight excluding hydrogens is 482 g/mol. The Morgan fingerprint density at radius 3 is 2.63 bits per heavy atom. The lowest BCUT2D eigenvalue weighted by molar-refractivity contribution is -0.133. The molecular formula is C25H32ClN5O3Si. The second-order valence-electron chi connectivity index (χ2n) is 10.0. The molecule has 0 aliphatic carbocycles. The van der Waals surface area contributed by atoms with E-state index in [1.807, 2.05) is 37.3 Å². The minimum Gasteiger partial charge on any atom is -0.366 e. The fraction of sp³-hybridized carbons (Fsp3) is 0.440. The third kappa shape index (κ3) is 6.55. The van der Waals surface area contributed by atoms with Gasteiger partial charge in [0.05, 0.1) is 31.2 Å². The van der Waals surface area contributed by atoms with Crippen molar-refractivity contribution in [2.24, 2.45) is 0 Å². The van der Waals surface area contributed by atoms with Crippen LogP contribution >= 0.6 is 11.6 Å². The van der Waals surface area contributed by atoms with Gasteiger partial charge in [0.2, 0.25) is 0 Å². The fourth-order valence-corrected chi connectivity index (χ4v) is 4.76. The standard InChI is InChI=1S/C25H32ClN5O3Si/c1-18-15-27-28-16-21(18)22-14-24(29-31(22)17-33-11-12-35(2,3)4)30-9-10-34-23(25(30)32)13-19-5-7-20(26)8-6-19/h5-8,14-16,23H,9-13,17H2,1-4H3. The highest BCUT2D eigenvalue weighted by molar-refractivity contribution is 6.76. The molecule has 2 aromatic heterocycles. The van der Waals surface area contributed by atoms with Gasteiger partial charge in [-0.1, -0.05) is 43.4 Å². The molecule has 0 N–H and O–H groups in total. The van der Waals surface area contributed by atoms with Gasteiger partial charge in [-0.3, -0.25) is 9.69 Å². The van der Waals surface area contributed by atoms with E-state index in [4.69, 9.17) is 26.2 Å². The smallest absolute Gasteiger partial charge is 0.257 e. The number of hydrogen-bond donors (Lipinski definition) is 0. The lowest BCUT2D eigenvalue weighted by Crippen LogP contribution is -2.49. The summed E-state index contributed by atoms with van der Waals surface area (Å²) in [6.07, 6.45) is 3.35. The molecule has 3 aromatic rings. The number of benzene rings is 1. The highest BCUT2D eigenvalue weighted by Gasteiger charge is 2.32. The number of anilines is 1. The van der Waals surface area contributed by atoms with E-state index in [9.17, 15) is 4.79 Å². The molecule has 0 saturated carbocycles. The number of hydrogen-bond acceptors (Lipinski definition) is 6. The quantitative estimate of drug-likeness (QED) is 0.307. The molecule has 10 heteroatoms. The zero-order chi connectivity index (χ0) is 25.0. The van der Waals surface area contributed by atoms with Crippen LogP contribution in [-0.2, 0) is 27.4 Å². The molecule has 186 valence electrons. The summed E-state index contributed by atoms with van der Waals surface area (Å²) in [5.41, 5.74) is 3.72. The predicted molar refractivity (Wildman–Crippen MR) is 139 cm³/mol. The third-order valence-corrected chi connectivity index (χ3v) is 7.93. The van der Waals surface area contributed by atoms with Gasteiger partial charge in [-0.25, -0.2) is 4.68 Å². The molecule has 0 bridgehead atoms. The molecule has 1 amide bonds. The van der Waals surface area contributed by atoms with E-state index in [0.29, 0.717) is 43.8 Å². The Bertz CT molecular complexity index is 1160. The lowest BCUT2D eigenvalue weighted by Gasteiger charge is -2.31. The van der Waals surface area contributed by atoms with E-state index in [1.54, 1.807) is 22.0 Å². The Morgan fingerprint density at radius 1 is 1.17 bits per heavy atom. The zero-order valence-electron chi connectivity index (χ0n) is 20.7. The van der Waals surface area contributed by atoms with Crippen molar-refractivity contribution in [2.75, 3.05) is 24.7 Å². The lowest BCUT2D eigenvalue weighted by atomic mass is 10.1. The van der Waals surface area contributed by atoms with E-state index in [0.717, 1.165) is 28.4 Å². The van der Waals surface area contributed by atoms with Crippen molar-refractivity contribution >= 4 is 31.4 Å². The van der Waals surface area contributed by atoms with Crippen molar-refractivity contribution in [1.29, 1.82) is 0 Å². The Hall–Kier alpha value is -2.59. The van der Waals surface area contributed by atoms with Gasteiger partial charge >= 0.3 is 0 Å². The zero-order valence-corrected chi connectivity index (χ0v) is 22.5. The van der Waals surface area contributed by atoms with Crippen molar-refractivity contribution in [3.63, 3.8) is 0 Å². The summed E-state index contributed by atoms with van der Waals surface area (Å²) >= 11 is 6.00. The number of aromatic nitrogens is 4. The number of morpholine rings is 1. The monoisotopic (exact) mass is 513 g/mol. The summed E-state index contributed by atoms with van der Waals surface area (Å²) < 4.78 is 13.6. The van der Waals surface area contributed by atoms with E-state index >= 15 is 0 Å². The van der Waals surface area contributed by atoms with Crippen molar-refractivity contribution in [3.8, 4) is 11.3 Å². The first kappa shape index (κ1) is 25.5. The van der Waals surface area contributed by atoms with Gasteiger partial charge in [0.15, 0.2) is 5.82 Å². The Balaban J connectivity index is 1.56. The maximum absolute atomic E-state index is 13.4. The van der Waals surface area contributed by atoms with E-state index < -0.39 is 14.2 Å². The number of nitrogens with zero attached hydrogens (tertiary/aromatic N) is 5. The summed E-state index contributed by atoms with van der Waals surface area (Å²) in [4.78, 5) is 15.1. The van der Waals surface area contributed by atoms with Crippen molar-refractivity contribution in [2.45, 2.75) is 51.9 Å². The summed E-state index contributed by atoms with van der Waals surface area (Å²) in [5.74, 6) is 0.478. The third-order valence-electron chi connectivity index (χ3n) is 5.97. The Morgan fingerprint density at radius 2 is 1.91 bits per heavy atom.